The van der Waals surface area contributed by atoms with E-state index in [1.807, 2.05) is 0 Å². The second-order valence-electron chi connectivity index (χ2n) is 9.20. The van der Waals surface area contributed by atoms with Crippen LogP contribution in [0.25, 0.3) is 0 Å². The monoisotopic (exact) mass is 522 g/mol. The Labute approximate surface area is 209 Å². The highest BCUT2D eigenvalue weighted by molar-refractivity contribution is 7.14. The number of rotatable bonds is 9. The van der Waals surface area contributed by atoms with Crippen molar-refractivity contribution < 1.29 is 33.9 Å². The zero-order valence-electron chi connectivity index (χ0n) is 20.1. The number of aliphatic carboxylic acids is 1. The lowest BCUT2D eigenvalue weighted by Gasteiger charge is -2.36. The third-order valence-corrected chi connectivity index (χ3v) is 5.36. The van der Waals surface area contributed by atoms with Gasteiger partial charge in [0.25, 0.3) is 5.91 Å². The van der Waals surface area contributed by atoms with Crippen molar-refractivity contribution in [3.8, 4) is 0 Å². The van der Waals surface area contributed by atoms with Crippen molar-refractivity contribution in [1.82, 2.24) is 30.6 Å². The number of carboxylic acids is 1. The Hall–Kier alpha value is -4.08. The molecule has 1 fully saturated rings. The van der Waals surface area contributed by atoms with Crippen LogP contribution in [0.15, 0.2) is 22.9 Å². The number of amides is 3. The lowest BCUT2D eigenvalue weighted by molar-refractivity contribution is -0.161. The molecule has 2 aromatic rings. The zero-order valence-corrected chi connectivity index (χ0v) is 21.0. The Morgan fingerprint density at radius 3 is 2.58 bits per heavy atom. The van der Waals surface area contributed by atoms with Crippen LogP contribution in [0.5, 0.6) is 0 Å². The molecule has 4 N–H and O–H groups in total. The fourth-order valence-electron chi connectivity index (χ4n) is 2.73. The van der Waals surface area contributed by atoms with Crippen LogP contribution in [0.2, 0.25) is 0 Å². The molecule has 0 radical (unpaired) electrons. The molecule has 1 aliphatic rings. The minimum absolute atomic E-state index is 0.0164. The topological polar surface area (TPSA) is 199 Å². The van der Waals surface area contributed by atoms with E-state index in [0.29, 0.717) is 0 Å². The van der Waals surface area contributed by atoms with Crippen LogP contribution in [0.3, 0.4) is 0 Å². The number of β-lactam (4-membered cyclic amide) rings is 1. The quantitative estimate of drug-likeness (QED) is 0.202. The fourth-order valence-corrected chi connectivity index (χ4v) is 3.42. The van der Waals surface area contributed by atoms with Crippen molar-refractivity contribution in [1.29, 1.82) is 0 Å². The first-order valence-corrected chi connectivity index (χ1v) is 11.5. The summed E-state index contributed by atoms with van der Waals surface area (Å²) in [7, 11) is 0. The van der Waals surface area contributed by atoms with Crippen molar-refractivity contribution in [2.75, 3.05) is 5.32 Å². The van der Waals surface area contributed by atoms with E-state index in [0.717, 1.165) is 11.3 Å². The lowest BCUT2D eigenvalue weighted by Crippen LogP contribution is -2.70. The minimum atomic E-state index is -1.76. The van der Waals surface area contributed by atoms with Gasteiger partial charge < -0.3 is 25.3 Å². The molecule has 3 heterocycles. The predicted octanol–water partition coefficient (Wildman–Crippen LogP) is 0.349. The molecule has 0 unspecified atom stereocenters. The number of anilines is 1. The number of aromatic nitrogens is 4. The molecule has 2 aromatic heterocycles. The van der Waals surface area contributed by atoms with Gasteiger partial charge in [-0.25, -0.2) is 14.6 Å². The number of thiazole rings is 1. The highest BCUT2D eigenvalue weighted by Crippen LogP contribution is 2.20. The van der Waals surface area contributed by atoms with Crippen molar-refractivity contribution in [2.24, 2.45) is 5.16 Å². The van der Waals surface area contributed by atoms with Gasteiger partial charge in [0.2, 0.25) is 11.5 Å². The summed E-state index contributed by atoms with van der Waals surface area (Å²) in [6.45, 7) is 7.85. The molecular weight excluding hydrogens is 496 g/mol. The molecule has 1 saturated heterocycles. The molecular formula is C20H26N8O7S. The van der Waals surface area contributed by atoms with Crippen LogP contribution < -0.4 is 16.0 Å². The number of nitrogens with zero attached hydrogens (tertiary/aromatic N) is 5. The van der Waals surface area contributed by atoms with Gasteiger partial charge in [0, 0.05) is 11.6 Å². The Morgan fingerprint density at radius 2 is 2.00 bits per heavy atom. The first-order valence-electron chi connectivity index (χ1n) is 10.7. The second kappa shape index (κ2) is 10.3. The largest absolute Gasteiger partial charge is 0.478 e. The maximum Gasteiger partial charge on any atom is 0.413 e. The molecule has 2 atom stereocenters. The van der Waals surface area contributed by atoms with Crippen molar-refractivity contribution >= 4 is 46.1 Å². The molecule has 0 aromatic carbocycles. The van der Waals surface area contributed by atoms with Crippen LogP contribution in [0.1, 0.15) is 40.3 Å². The maximum absolute atomic E-state index is 13.1. The summed E-state index contributed by atoms with van der Waals surface area (Å²) in [6, 6.07) is -1.39. The zero-order chi connectivity index (χ0) is 26.7. The van der Waals surface area contributed by atoms with E-state index in [4.69, 9.17) is 9.57 Å². The third kappa shape index (κ3) is 6.74. The van der Waals surface area contributed by atoms with Crippen molar-refractivity contribution in [3.63, 3.8) is 0 Å². The van der Waals surface area contributed by atoms with E-state index in [2.05, 4.69) is 36.4 Å². The average Bonchev–Trinajstić information content (AvgIpc) is 3.43. The molecule has 0 bridgehead atoms. The third-order valence-electron chi connectivity index (χ3n) is 4.60. The highest BCUT2D eigenvalue weighted by atomic mass is 32.1. The summed E-state index contributed by atoms with van der Waals surface area (Å²) < 4.78 is 6.67. The molecule has 0 aliphatic carbocycles. The molecule has 1 aliphatic heterocycles. The number of ether oxygens (including phenoxy) is 1. The molecule has 3 rings (SSSR count). The van der Waals surface area contributed by atoms with Crippen LogP contribution in [0.4, 0.5) is 9.93 Å². The van der Waals surface area contributed by atoms with E-state index in [9.17, 15) is 24.3 Å². The fraction of sp³-hybridized carbons (Fsp3) is 0.500. The highest BCUT2D eigenvalue weighted by Gasteiger charge is 2.42. The molecule has 15 nitrogen and oxygen atoms in total. The molecule has 0 saturated carbocycles. The number of hydrogen-bond donors (Lipinski definition) is 4. The normalized spacial score (nSPS) is 18.0. The van der Waals surface area contributed by atoms with Gasteiger partial charge in [-0.2, -0.15) is 0 Å². The van der Waals surface area contributed by atoms with Gasteiger partial charge in [0.05, 0.1) is 18.8 Å². The van der Waals surface area contributed by atoms with Gasteiger partial charge >= 0.3 is 12.1 Å². The second-order valence-corrected chi connectivity index (χ2v) is 10.1. The summed E-state index contributed by atoms with van der Waals surface area (Å²) >= 11 is 0.978. The van der Waals surface area contributed by atoms with Gasteiger partial charge in [0.1, 0.15) is 17.3 Å². The number of nitrogens with one attached hydrogen (secondary N) is 3. The summed E-state index contributed by atoms with van der Waals surface area (Å²) in [6.07, 6.45) is 2.33. The minimum Gasteiger partial charge on any atom is -0.478 e. The van der Waals surface area contributed by atoms with E-state index in [-0.39, 0.29) is 17.4 Å². The summed E-state index contributed by atoms with van der Waals surface area (Å²) in [4.78, 5) is 58.0. The van der Waals surface area contributed by atoms with Gasteiger partial charge in [-0.05, 0) is 34.6 Å². The van der Waals surface area contributed by atoms with Crippen LogP contribution in [0, 0.1) is 0 Å². The van der Waals surface area contributed by atoms with E-state index < -0.39 is 52.9 Å². The number of hydrogen-bond acceptors (Lipinski definition) is 11. The van der Waals surface area contributed by atoms with Gasteiger partial charge in [-0.3, -0.25) is 19.6 Å². The number of carbonyl (C=O) groups is 4. The molecule has 16 heteroatoms. The van der Waals surface area contributed by atoms with E-state index >= 15 is 0 Å². The SMILES string of the molecule is CC(C)(C)OC(=O)Nc1nc(C(=NOC(C)(C)C(=O)O)C(=O)N[C@@H]2C(=O)N[C@H]2Cn2ccnn2)cs1. The first-order chi connectivity index (χ1) is 16.7. The Morgan fingerprint density at radius 1 is 1.28 bits per heavy atom. The van der Waals surface area contributed by atoms with Gasteiger partial charge in [0.15, 0.2) is 10.8 Å². The number of oxime groups is 1. The molecule has 3 amide bonds. The first kappa shape index (κ1) is 26.5. The summed E-state index contributed by atoms with van der Waals surface area (Å²) in [5.41, 5.74) is -2.91. The molecule has 194 valence electrons. The van der Waals surface area contributed by atoms with Gasteiger partial charge in [-0.1, -0.05) is 10.4 Å². The maximum atomic E-state index is 13.1. The smallest absolute Gasteiger partial charge is 0.413 e. The van der Waals surface area contributed by atoms with Gasteiger partial charge in [-0.15, -0.1) is 16.4 Å². The average molecular weight is 523 g/mol. The lowest BCUT2D eigenvalue weighted by atomic mass is 9.98. The molecule has 0 spiro atoms. The van der Waals surface area contributed by atoms with Crippen molar-refractivity contribution in [3.05, 3.63) is 23.5 Å². The van der Waals surface area contributed by atoms with E-state index in [1.165, 1.54) is 30.1 Å². The van der Waals surface area contributed by atoms with Crippen LogP contribution in [-0.4, -0.2) is 78.0 Å². The summed E-state index contributed by atoms with van der Waals surface area (Å²) in [5, 5.41) is 29.8. The Kier molecular flexibility index (Phi) is 7.57. The standard InChI is InChI=1S/C20H26N8O7S/c1-19(2,3)34-18(33)25-17-23-11(9-36-17)13(26-35-20(4,5)16(31)32)15(30)24-12-10(22-14(12)29)8-28-7-6-21-27-28/h6-7,9-10,12H,8H2,1-5H3,(H,22,29)(H,24,30)(H,31,32)(H,23,25,33)/t10-,12-/m0/s1. The van der Waals surface area contributed by atoms with Crippen molar-refractivity contribution in [2.45, 2.75) is 64.4 Å². The summed E-state index contributed by atoms with van der Waals surface area (Å²) in [5.74, 6) is -2.58. The molecule has 36 heavy (non-hydrogen) atoms. The number of carboxylic acid groups (broad SMARTS) is 1. The number of carbonyl (C=O) groups excluding carboxylic acids is 3. The Balaban J connectivity index is 1.79. The van der Waals surface area contributed by atoms with Crippen LogP contribution >= 0.6 is 11.3 Å². The van der Waals surface area contributed by atoms with E-state index in [1.54, 1.807) is 27.0 Å². The van der Waals surface area contributed by atoms with Crippen LogP contribution in [-0.2, 0) is 30.5 Å². The predicted molar refractivity (Wildman–Crippen MR) is 125 cm³/mol. The Bertz CT molecular complexity index is 1170.